The zero-order chi connectivity index (χ0) is 103. The van der Waals surface area contributed by atoms with E-state index in [4.69, 9.17) is 45.1 Å². The molecule has 0 aliphatic carbocycles. The number of hydrogen-bond donors (Lipinski definition) is 8. The molecule has 0 saturated carbocycles. The first-order valence-electron chi connectivity index (χ1n) is 43.5. The van der Waals surface area contributed by atoms with Crippen LogP contribution in [0.25, 0.3) is 0 Å². The Labute approximate surface area is 808 Å². The average molecular weight is 1950 g/mol. The number of morpholine rings is 1. The lowest BCUT2D eigenvalue weighted by molar-refractivity contribution is -0.135. The van der Waals surface area contributed by atoms with E-state index in [1.54, 1.807) is 107 Å². The fraction of sp³-hybridized carbons (Fsp3) is 0.317. The van der Waals surface area contributed by atoms with Crippen molar-refractivity contribution in [3.05, 3.63) is 327 Å². The van der Waals surface area contributed by atoms with Gasteiger partial charge in [-0.2, -0.15) is 20.2 Å². The topological polar surface area (TPSA) is 407 Å². The minimum atomic E-state index is -1.09. The van der Waals surface area contributed by atoms with E-state index in [1.807, 2.05) is 92.3 Å². The maximum atomic E-state index is 13.6. The molecule has 0 radical (unpaired) electrons. The van der Waals surface area contributed by atoms with Crippen molar-refractivity contribution in [2.75, 3.05) is 98.9 Å². The van der Waals surface area contributed by atoms with Crippen LogP contribution in [0.5, 0.6) is 0 Å². The Balaban J connectivity index is 0.000000326. The van der Waals surface area contributed by atoms with Gasteiger partial charge in [0.1, 0.15) is 58.9 Å². The van der Waals surface area contributed by atoms with Gasteiger partial charge in [-0.15, -0.1) is 0 Å². The SMILES string of the molecule is Cc1cc(F)c(C(N)=O)c(F)c1.Cc1ccc(C(=O)CCCC(=O)N(C)C)c(F)c1.Cc1ccc(C(=O)CCCCN(C)C)c(Cl)c1.Cc1ccc(C(=O)CCCCN(C)C)c(F)c1.Cc1ccc(C(=O)NCCC(=O)N2CCOCC2)c(F)c1.Cc1ccc(C(=O)Nc2ncn[nH]2)c(Cl)c1.Cc1ccc(C(=O)Nc2ncn[nH]2)c(F)c1.Cc1ccc(F)c(C(N)=O)c1.Cc1cccc(C(N)=O)c1. The number of benzene rings is 9. The first-order valence-corrected chi connectivity index (χ1v) is 44.2. The molecule has 3 heterocycles. The van der Waals surface area contributed by atoms with Gasteiger partial charge < -0.3 is 46.9 Å². The van der Waals surface area contributed by atoms with Crippen LogP contribution in [0.4, 0.5) is 42.6 Å². The summed E-state index contributed by atoms with van der Waals surface area (Å²) in [6, 6.07) is 42.5. The van der Waals surface area contributed by atoms with Crippen LogP contribution in [-0.4, -0.2) is 203 Å². The molecule has 11 N–H and O–H groups in total. The number of aromatic nitrogens is 6. The number of carbonyl (C=O) groups is 11. The first kappa shape index (κ1) is 116. The Morgan fingerprint density at radius 2 is 0.761 bits per heavy atom. The van der Waals surface area contributed by atoms with E-state index < -0.39 is 69.9 Å². The maximum absolute atomic E-state index is 13.6. The van der Waals surface area contributed by atoms with Crippen LogP contribution in [0.1, 0.15) is 208 Å². The van der Waals surface area contributed by atoms with E-state index in [9.17, 15) is 83.5 Å². The lowest BCUT2D eigenvalue weighted by Gasteiger charge is -2.26. The number of anilines is 2. The number of nitrogens with zero attached hydrogens (tertiary/aromatic N) is 8. The monoisotopic (exact) mass is 1950 g/mol. The van der Waals surface area contributed by atoms with E-state index in [0.717, 1.165) is 95.4 Å². The molecule has 0 spiro atoms. The third kappa shape index (κ3) is 43.3. The number of nitrogens with two attached hydrogens (primary N) is 3. The normalized spacial score (nSPS) is 10.9. The third-order valence-corrected chi connectivity index (χ3v) is 20.2. The van der Waals surface area contributed by atoms with Gasteiger partial charge in [0, 0.05) is 77.0 Å². The second kappa shape index (κ2) is 60.5. The highest BCUT2D eigenvalue weighted by Crippen LogP contribution is 2.24. The van der Waals surface area contributed by atoms with Gasteiger partial charge in [0.15, 0.2) is 17.3 Å². The van der Waals surface area contributed by atoms with Gasteiger partial charge in [-0.3, -0.25) is 63.4 Å². The highest BCUT2D eigenvalue weighted by Gasteiger charge is 2.22. The molecular weight excluding hydrogens is 1830 g/mol. The Morgan fingerprint density at radius 3 is 1.14 bits per heavy atom. The molecule has 0 bridgehead atoms. The summed E-state index contributed by atoms with van der Waals surface area (Å²) < 4.78 is 97.6. The molecule has 2 aromatic heterocycles. The van der Waals surface area contributed by atoms with Crippen LogP contribution in [0.3, 0.4) is 0 Å². The van der Waals surface area contributed by atoms with Crippen molar-refractivity contribution >= 4 is 99.7 Å². The number of unbranched alkanes of at least 4 members (excludes halogenated alkanes) is 2. The summed E-state index contributed by atoms with van der Waals surface area (Å²) >= 11 is 12.0. The Morgan fingerprint density at radius 1 is 0.384 bits per heavy atom. The molecule has 1 saturated heterocycles. The van der Waals surface area contributed by atoms with Gasteiger partial charge in [-0.25, -0.2) is 40.9 Å². The Hall–Kier alpha value is -14.0. The number of primary amides is 3. The highest BCUT2D eigenvalue weighted by molar-refractivity contribution is 6.34. The molecule has 28 nitrogen and oxygen atoms in total. The number of aryl methyl sites for hydroxylation is 9. The molecule has 11 aromatic rings. The van der Waals surface area contributed by atoms with Crippen LogP contribution < -0.4 is 33.2 Å². The number of ketones is 3. The highest BCUT2D eigenvalue weighted by atomic mass is 35.5. The molecule has 8 amide bonds. The number of aromatic amines is 2. The van der Waals surface area contributed by atoms with Crippen LogP contribution in [0, 0.1) is 103 Å². The number of rotatable bonds is 28. The summed E-state index contributed by atoms with van der Waals surface area (Å²) in [6.07, 6.45) is 8.46. The summed E-state index contributed by atoms with van der Waals surface area (Å²) in [4.78, 5) is 140. The van der Waals surface area contributed by atoms with Gasteiger partial charge >= 0.3 is 0 Å². The number of Topliss-reactive ketones (excluding diaryl/α,β-unsaturated/α-hetero) is 3. The first-order chi connectivity index (χ1) is 65.2. The molecule has 12 rings (SSSR count). The predicted octanol–water partition coefficient (Wildman–Crippen LogP) is 17.5. The van der Waals surface area contributed by atoms with Crippen LogP contribution in [-0.2, 0) is 14.3 Å². The van der Waals surface area contributed by atoms with Crippen LogP contribution in [0.15, 0.2) is 176 Å². The van der Waals surface area contributed by atoms with E-state index in [-0.39, 0.29) is 94.1 Å². The predicted molar refractivity (Wildman–Crippen MR) is 519 cm³/mol. The summed E-state index contributed by atoms with van der Waals surface area (Å²) in [5.74, 6) is -7.73. The largest absolute Gasteiger partial charge is 0.378 e. The smallest absolute Gasteiger partial charge is 0.260 e. The van der Waals surface area contributed by atoms with Gasteiger partial charge in [0.2, 0.25) is 29.6 Å². The summed E-state index contributed by atoms with van der Waals surface area (Å²) in [5.41, 5.74) is 23.4. The van der Waals surface area contributed by atoms with E-state index in [0.29, 0.717) is 90.2 Å². The lowest BCUT2D eigenvalue weighted by atomic mass is 10.0. The molecule has 1 aliphatic heterocycles. The van der Waals surface area contributed by atoms with Crippen molar-refractivity contribution in [1.82, 2.24) is 55.3 Å². The van der Waals surface area contributed by atoms with Crippen LogP contribution in [0.2, 0.25) is 10.0 Å². The van der Waals surface area contributed by atoms with Crippen molar-refractivity contribution in [3.63, 3.8) is 0 Å². The van der Waals surface area contributed by atoms with Crippen LogP contribution >= 0.6 is 23.2 Å². The molecule has 9 aromatic carbocycles. The third-order valence-electron chi connectivity index (χ3n) is 19.6. The minimum absolute atomic E-state index is 0.000536. The summed E-state index contributed by atoms with van der Waals surface area (Å²) in [5, 5.41) is 20.7. The zero-order valence-electron chi connectivity index (χ0n) is 79.9. The maximum Gasteiger partial charge on any atom is 0.260 e. The Bertz CT molecular complexity index is 5710. The van der Waals surface area contributed by atoms with Gasteiger partial charge in [-0.05, 0) is 284 Å². The molecule has 138 heavy (non-hydrogen) atoms. The number of amides is 8. The van der Waals surface area contributed by atoms with Gasteiger partial charge in [0.25, 0.3) is 29.5 Å². The molecule has 1 fully saturated rings. The number of nitrogens with one attached hydrogen (secondary N) is 5. The molecule has 1 aliphatic rings. The zero-order valence-corrected chi connectivity index (χ0v) is 81.4. The minimum Gasteiger partial charge on any atom is -0.378 e. The van der Waals surface area contributed by atoms with E-state index >= 15 is 0 Å². The number of halogens is 9. The average Bonchev–Trinajstić information content (AvgIpc) is 1.03. The Kier molecular flexibility index (Phi) is 51.0. The second-order valence-electron chi connectivity index (χ2n) is 32.5. The van der Waals surface area contributed by atoms with Gasteiger partial charge in [0.05, 0.1) is 56.6 Å². The lowest BCUT2D eigenvalue weighted by Crippen LogP contribution is -2.42. The van der Waals surface area contributed by atoms with Crippen molar-refractivity contribution in [2.45, 2.75) is 127 Å². The van der Waals surface area contributed by atoms with Crippen molar-refractivity contribution in [3.8, 4) is 0 Å². The molecular formula is C101H119Cl2F7N16O12. The number of hydrogen-bond acceptors (Lipinski definition) is 18. The molecule has 37 heteroatoms. The van der Waals surface area contributed by atoms with Crippen molar-refractivity contribution in [1.29, 1.82) is 0 Å². The molecule has 0 atom stereocenters. The van der Waals surface area contributed by atoms with Crippen molar-refractivity contribution in [2.24, 2.45) is 17.2 Å². The molecule has 738 valence electrons. The fourth-order valence-electron chi connectivity index (χ4n) is 12.2. The standard InChI is InChI=1S/C15H19FN2O3.C14H20ClNO.C14H18FNO2.C14H20FNO.C10H9ClN4O.C10H9FN4O.C8H7F2NO.C8H8FNO.C8H9NO/c1-11-2-3-12(13(16)10-11)15(20)17-5-4-14(19)18-6-8-21-9-7-18;1-11-7-8-12(13(15)10-11)14(17)6-4-5-9-16(2)3;1-10-7-8-11(12(15)9-10)13(17)5-4-6-14(18)16(2)3;1-11-7-8-12(13(15)10-11)14(17)6-4-5-9-16(2)3;2*1-6-2-3-7(8(11)4-6)9(16)14-10-12-5-13-15-10;1-4-2-5(9)7(8(11)12)6(10)3-4;1-5-2-3-7(9)6(4-5)8(10)11;1-6-3-2-4-7(5-6)8(9)10/h2-3,10H,4-9H2,1H3,(H,17,20);7-8,10H,4-6,9H2,1-3H3;7-9H,4-6H2,1-3H3;7-8,10H,4-6,9H2,1-3H3;2*2-5H,1H3,(H2,12,13,14,15,16);2-3H,1H3,(H2,11,12);2-4H,1H3,(H2,10,11);2-5H,1H3,(H2,9,10). The second-order valence-corrected chi connectivity index (χ2v) is 33.3. The molecule has 0 unspecified atom stereocenters. The quantitative estimate of drug-likeness (QED) is 0.0128. The van der Waals surface area contributed by atoms with Crippen molar-refractivity contribution < 1.29 is 88.2 Å². The van der Waals surface area contributed by atoms with E-state index in [1.165, 1.54) is 79.1 Å². The summed E-state index contributed by atoms with van der Waals surface area (Å²) in [6.45, 7) is 20.6. The number of ether oxygens (including phenoxy) is 1. The van der Waals surface area contributed by atoms with E-state index in [2.05, 4.69) is 56.1 Å². The summed E-state index contributed by atoms with van der Waals surface area (Å²) in [7, 11) is 11.4. The number of H-pyrrole nitrogens is 2. The number of carbonyl (C=O) groups excluding carboxylic acids is 11. The van der Waals surface area contributed by atoms with Gasteiger partial charge in [-0.1, -0.05) is 88.9 Å². The fourth-order valence-corrected chi connectivity index (χ4v) is 12.9.